The van der Waals surface area contributed by atoms with E-state index in [-0.39, 0.29) is 6.10 Å². The normalized spacial score (nSPS) is 15.9. The fourth-order valence-electron chi connectivity index (χ4n) is 3.85. The van der Waals surface area contributed by atoms with E-state index < -0.39 is 0 Å². The molecular formula is C23H29ClN6O. The van der Waals surface area contributed by atoms with Gasteiger partial charge in [-0.2, -0.15) is 0 Å². The molecule has 1 saturated heterocycles. The van der Waals surface area contributed by atoms with Gasteiger partial charge in [0.05, 0.1) is 0 Å². The number of hydrogen-bond acceptors (Lipinski definition) is 6. The van der Waals surface area contributed by atoms with E-state index >= 15 is 0 Å². The molecule has 1 aliphatic rings. The monoisotopic (exact) mass is 440 g/mol. The van der Waals surface area contributed by atoms with E-state index in [4.69, 9.17) is 16.3 Å². The number of imidazole rings is 1. The number of unbranched alkanes of at least 4 members (excludes halogenated alkanes) is 1. The van der Waals surface area contributed by atoms with Gasteiger partial charge < -0.3 is 14.2 Å². The maximum Gasteiger partial charge on any atom is 0.225 e. The first kappa shape index (κ1) is 21.7. The maximum atomic E-state index is 6.29. The molecule has 0 bridgehead atoms. The number of hydrogen-bond donors (Lipinski definition) is 0. The minimum Gasteiger partial charge on any atom is -0.366 e. The largest absolute Gasteiger partial charge is 0.366 e. The van der Waals surface area contributed by atoms with Gasteiger partial charge in [-0.25, -0.2) is 15.0 Å². The second-order valence-electron chi connectivity index (χ2n) is 7.78. The Morgan fingerprint density at radius 1 is 0.968 bits per heavy atom. The highest BCUT2D eigenvalue weighted by molar-refractivity contribution is 6.30. The number of aryl methyl sites for hydroxylation is 1. The molecule has 0 aliphatic carbocycles. The first-order valence-electron chi connectivity index (χ1n) is 10.8. The molecule has 1 fully saturated rings. The van der Waals surface area contributed by atoms with E-state index in [1.165, 1.54) is 0 Å². The molecule has 0 spiro atoms. The standard InChI is InChI=1S/C23H29ClN6O/c1-28-13-11-25-22(28)21(19-5-7-20(24)8-6-19)31-18-3-2-12-29-14-16-30(17-15-29)23-26-9-4-10-27-23/h4-11,13,21H,2-3,12,14-18H2,1H3. The van der Waals surface area contributed by atoms with E-state index in [9.17, 15) is 0 Å². The third-order valence-corrected chi connectivity index (χ3v) is 5.88. The number of ether oxygens (including phenoxy) is 1. The number of anilines is 1. The van der Waals surface area contributed by atoms with Crippen LogP contribution in [0.25, 0.3) is 0 Å². The zero-order valence-electron chi connectivity index (χ0n) is 17.9. The minimum atomic E-state index is -0.188. The molecule has 7 nitrogen and oxygen atoms in total. The van der Waals surface area contributed by atoms with Crippen LogP contribution >= 0.6 is 11.6 Å². The van der Waals surface area contributed by atoms with Crippen LogP contribution in [0.15, 0.2) is 55.1 Å². The van der Waals surface area contributed by atoms with Gasteiger partial charge in [-0.3, -0.25) is 4.90 Å². The Kier molecular flexibility index (Phi) is 7.51. The second kappa shape index (κ2) is 10.7. The third-order valence-electron chi connectivity index (χ3n) is 5.63. The Balaban J connectivity index is 1.22. The van der Waals surface area contributed by atoms with Gasteiger partial charge in [-0.1, -0.05) is 23.7 Å². The lowest BCUT2D eigenvalue weighted by molar-refractivity contribution is 0.0678. The summed E-state index contributed by atoms with van der Waals surface area (Å²) in [6, 6.07) is 9.68. The van der Waals surface area contributed by atoms with Gasteiger partial charge in [0, 0.05) is 69.6 Å². The number of aromatic nitrogens is 4. The van der Waals surface area contributed by atoms with Crippen molar-refractivity contribution in [3.8, 4) is 0 Å². The summed E-state index contributed by atoms with van der Waals surface area (Å²) < 4.78 is 8.30. The summed E-state index contributed by atoms with van der Waals surface area (Å²) in [6.07, 6.45) is 9.29. The Bertz CT molecular complexity index is 925. The summed E-state index contributed by atoms with van der Waals surface area (Å²) >= 11 is 6.06. The van der Waals surface area contributed by atoms with Crippen LogP contribution in [0.1, 0.15) is 30.3 Å². The van der Waals surface area contributed by atoms with Crippen molar-refractivity contribution in [1.82, 2.24) is 24.4 Å². The summed E-state index contributed by atoms with van der Waals surface area (Å²) in [6.45, 7) is 5.80. The number of benzene rings is 1. The molecule has 4 rings (SSSR count). The van der Waals surface area contributed by atoms with Crippen LogP contribution in [0.2, 0.25) is 5.02 Å². The van der Waals surface area contributed by atoms with Gasteiger partial charge >= 0.3 is 0 Å². The van der Waals surface area contributed by atoms with Gasteiger partial charge in [0.25, 0.3) is 0 Å². The van der Waals surface area contributed by atoms with Crippen molar-refractivity contribution >= 4 is 17.5 Å². The lowest BCUT2D eigenvalue weighted by Gasteiger charge is -2.34. The van der Waals surface area contributed by atoms with E-state index in [0.29, 0.717) is 6.61 Å². The number of piperazine rings is 1. The van der Waals surface area contributed by atoms with Gasteiger partial charge in [0.2, 0.25) is 5.95 Å². The summed E-state index contributed by atoms with van der Waals surface area (Å²) in [5.41, 5.74) is 1.07. The molecule has 31 heavy (non-hydrogen) atoms. The average Bonchev–Trinajstić information content (AvgIpc) is 3.23. The average molecular weight is 441 g/mol. The molecule has 164 valence electrons. The molecule has 1 atom stereocenters. The topological polar surface area (TPSA) is 59.3 Å². The van der Waals surface area contributed by atoms with E-state index in [2.05, 4.69) is 24.8 Å². The van der Waals surface area contributed by atoms with Crippen molar-refractivity contribution in [3.63, 3.8) is 0 Å². The fraction of sp³-hybridized carbons (Fsp3) is 0.435. The van der Waals surface area contributed by atoms with Crippen LogP contribution in [-0.4, -0.2) is 63.7 Å². The van der Waals surface area contributed by atoms with Crippen molar-refractivity contribution in [1.29, 1.82) is 0 Å². The Morgan fingerprint density at radius 2 is 1.71 bits per heavy atom. The van der Waals surface area contributed by atoms with Gasteiger partial charge in [0.1, 0.15) is 11.9 Å². The van der Waals surface area contributed by atoms with Gasteiger partial charge in [-0.05, 0) is 43.1 Å². The van der Waals surface area contributed by atoms with Crippen LogP contribution < -0.4 is 4.90 Å². The zero-order chi connectivity index (χ0) is 21.5. The van der Waals surface area contributed by atoms with Crippen LogP contribution in [0.5, 0.6) is 0 Å². The van der Waals surface area contributed by atoms with Crippen molar-refractivity contribution in [3.05, 3.63) is 71.5 Å². The van der Waals surface area contributed by atoms with Crippen LogP contribution in [0, 0.1) is 0 Å². The molecule has 0 amide bonds. The smallest absolute Gasteiger partial charge is 0.225 e. The van der Waals surface area contributed by atoms with Gasteiger partial charge in [-0.15, -0.1) is 0 Å². The molecule has 0 radical (unpaired) electrons. The summed E-state index contributed by atoms with van der Waals surface area (Å²) in [5, 5.41) is 0.723. The highest BCUT2D eigenvalue weighted by Crippen LogP contribution is 2.26. The minimum absolute atomic E-state index is 0.188. The Labute approximate surface area is 188 Å². The molecule has 1 aromatic carbocycles. The summed E-state index contributed by atoms with van der Waals surface area (Å²) in [7, 11) is 1.99. The molecule has 0 N–H and O–H groups in total. The molecule has 3 heterocycles. The highest BCUT2D eigenvalue weighted by atomic mass is 35.5. The van der Waals surface area contributed by atoms with Crippen LogP contribution in [0.4, 0.5) is 5.95 Å². The van der Waals surface area contributed by atoms with Crippen molar-refractivity contribution in [2.75, 3.05) is 44.2 Å². The first-order chi connectivity index (χ1) is 15.2. The highest BCUT2D eigenvalue weighted by Gasteiger charge is 2.20. The van der Waals surface area contributed by atoms with E-state index in [1.807, 2.05) is 54.3 Å². The molecule has 8 heteroatoms. The predicted molar refractivity (Wildman–Crippen MR) is 122 cm³/mol. The lowest BCUT2D eigenvalue weighted by Crippen LogP contribution is -2.47. The SMILES string of the molecule is Cn1ccnc1C(OCCCCN1CCN(c2ncccn2)CC1)c1ccc(Cl)cc1. The second-order valence-corrected chi connectivity index (χ2v) is 8.22. The molecule has 3 aromatic rings. The quantitative estimate of drug-likeness (QED) is 0.474. The van der Waals surface area contributed by atoms with Crippen LogP contribution in [0.3, 0.4) is 0 Å². The third kappa shape index (κ3) is 5.81. The first-order valence-corrected chi connectivity index (χ1v) is 11.2. The summed E-state index contributed by atoms with van der Waals surface area (Å²) in [4.78, 5) is 18.0. The predicted octanol–water partition coefficient (Wildman–Crippen LogP) is 3.57. The molecule has 1 unspecified atom stereocenters. The number of halogens is 1. The molecule has 0 saturated carbocycles. The van der Waals surface area contributed by atoms with Crippen molar-refractivity contribution in [2.24, 2.45) is 7.05 Å². The van der Waals surface area contributed by atoms with Crippen LogP contribution in [-0.2, 0) is 11.8 Å². The molecule has 1 aliphatic heterocycles. The van der Waals surface area contributed by atoms with E-state index in [0.717, 1.165) is 67.9 Å². The fourth-order valence-corrected chi connectivity index (χ4v) is 3.98. The summed E-state index contributed by atoms with van der Waals surface area (Å²) in [5.74, 6) is 1.74. The van der Waals surface area contributed by atoms with Gasteiger partial charge in [0.15, 0.2) is 0 Å². The van der Waals surface area contributed by atoms with E-state index in [1.54, 1.807) is 12.4 Å². The van der Waals surface area contributed by atoms with Crippen molar-refractivity contribution < 1.29 is 4.74 Å². The Hall–Kier alpha value is -2.48. The maximum absolute atomic E-state index is 6.29. The van der Waals surface area contributed by atoms with Crippen molar-refractivity contribution in [2.45, 2.75) is 18.9 Å². The lowest BCUT2D eigenvalue weighted by atomic mass is 10.1. The molecular weight excluding hydrogens is 412 g/mol. The molecule has 2 aromatic heterocycles. The zero-order valence-corrected chi connectivity index (χ0v) is 18.7. The number of nitrogens with zero attached hydrogens (tertiary/aromatic N) is 6. The Morgan fingerprint density at radius 3 is 2.39 bits per heavy atom. The number of rotatable bonds is 9.